The lowest BCUT2D eigenvalue weighted by Gasteiger charge is -2.33. The molecule has 5 rings (SSSR count). The van der Waals surface area contributed by atoms with Crippen LogP contribution in [0.25, 0.3) is 5.65 Å². The van der Waals surface area contributed by atoms with Gasteiger partial charge in [-0.15, -0.1) is 0 Å². The molecule has 2 aliphatic rings. The summed E-state index contributed by atoms with van der Waals surface area (Å²) >= 11 is 0. The monoisotopic (exact) mass is 661 g/mol. The van der Waals surface area contributed by atoms with Gasteiger partial charge in [0.2, 0.25) is 11.8 Å². The zero-order valence-electron chi connectivity index (χ0n) is 24.3. The van der Waals surface area contributed by atoms with Gasteiger partial charge in [0.05, 0.1) is 36.6 Å². The molecule has 2 aliphatic carbocycles. The van der Waals surface area contributed by atoms with Gasteiger partial charge in [-0.05, 0) is 67.3 Å². The molecule has 8 nitrogen and oxygen atoms in total. The summed E-state index contributed by atoms with van der Waals surface area (Å²) in [5.41, 5.74) is 1.12. The number of alkyl halides is 8. The van der Waals surface area contributed by atoms with Crippen LogP contribution in [0.2, 0.25) is 0 Å². The first-order chi connectivity index (χ1) is 21.6. The van der Waals surface area contributed by atoms with Crippen LogP contribution in [0.5, 0.6) is 5.75 Å². The number of ether oxygens (including phenoxy) is 1. The number of aromatic nitrogens is 3. The highest BCUT2D eigenvalue weighted by molar-refractivity contribution is 5.94. The third-order valence-corrected chi connectivity index (χ3v) is 8.10. The van der Waals surface area contributed by atoms with E-state index in [1.165, 1.54) is 35.1 Å². The van der Waals surface area contributed by atoms with Crippen LogP contribution in [0.15, 0.2) is 42.7 Å². The van der Waals surface area contributed by atoms with Crippen molar-refractivity contribution < 1.29 is 49.4 Å². The molecule has 16 heteroatoms. The number of hydrogen-bond acceptors (Lipinski definition) is 5. The lowest BCUT2D eigenvalue weighted by atomic mass is 9.81. The van der Waals surface area contributed by atoms with Gasteiger partial charge >= 0.3 is 12.4 Å². The second-order valence-corrected chi connectivity index (χ2v) is 11.8. The summed E-state index contributed by atoms with van der Waals surface area (Å²) in [7, 11) is 0. The van der Waals surface area contributed by atoms with Crippen molar-refractivity contribution in [3.8, 4) is 5.75 Å². The van der Waals surface area contributed by atoms with E-state index in [9.17, 15) is 44.7 Å². The number of fused-ring (bicyclic) bond motifs is 1. The van der Waals surface area contributed by atoms with E-state index in [4.69, 9.17) is 4.74 Å². The van der Waals surface area contributed by atoms with E-state index in [0.29, 0.717) is 16.9 Å². The number of imidazole rings is 1. The summed E-state index contributed by atoms with van der Waals surface area (Å²) in [6.45, 7) is -1.55. The minimum Gasteiger partial charge on any atom is -0.484 e. The van der Waals surface area contributed by atoms with E-state index in [0.717, 1.165) is 18.9 Å². The van der Waals surface area contributed by atoms with E-state index in [-0.39, 0.29) is 30.1 Å². The minimum absolute atomic E-state index is 0.0106. The van der Waals surface area contributed by atoms with Crippen LogP contribution in [0.4, 0.5) is 35.1 Å². The van der Waals surface area contributed by atoms with E-state index in [1.54, 1.807) is 6.07 Å². The topological polar surface area (TPSA) is 97.6 Å². The van der Waals surface area contributed by atoms with Crippen molar-refractivity contribution in [1.29, 1.82) is 0 Å². The number of benzene rings is 1. The summed E-state index contributed by atoms with van der Waals surface area (Å²) in [4.78, 5) is 30.2. The number of rotatable bonds is 11. The van der Waals surface area contributed by atoms with Gasteiger partial charge in [0.25, 0.3) is 5.91 Å². The Morgan fingerprint density at radius 2 is 1.65 bits per heavy atom. The molecule has 46 heavy (non-hydrogen) atoms. The normalized spacial score (nSPS) is 18.6. The average Bonchev–Trinajstić information content (AvgIpc) is 3.74. The Balaban J connectivity index is 1.38. The van der Waals surface area contributed by atoms with E-state index in [1.807, 2.05) is 0 Å². The number of hydrogen-bond donors (Lipinski definition) is 2. The second kappa shape index (κ2) is 13.0. The highest BCUT2D eigenvalue weighted by Crippen LogP contribution is 2.43. The largest absolute Gasteiger partial charge is 0.484 e. The van der Waals surface area contributed by atoms with Gasteiger partial charge < -0.3 is 15.4 Å². The Morgan fingerprint density at radius 3 is 2.30 bits per heavy atom. The van der Waals surface area contributed by atoms with Gasteiger partial charge in [0, 0.05) is 24.8 Å². The summed E-state index contributed by atoms with van der Waals surface area (Å²) in [5.74, 6) is -4.90. The molecule has 2 atom stereocenters. The molecule has 0 spiro atoms. The van der Waals surface area contributed by atoms with E-state index in [2.05, 4.69) is 20.7 Å². The van der Waals surface area contributed by atoms with Crippen molar-refractivity contribution in [1.82, 2.24) is 25.2 Å². The Kier molecular flexibility index (Phi) is 9.45. The van der Waals surface area contributed by atoms with Crippen molar-refractivity contribution in [3.05, 3.63) is 59.5 Å². The number of nitrogens with one attached hydrogen (secondary N) is 2. The van der Waals surface area contributed by atoms with Gasteiger partial charge in [0.1, 0.15) is 5.75 Å². The zero-order valence-corrected chi connectivity index (χ0v) is 24.3. The quantitative estimate of drug-likeness (QED) is 0.219. The van der Waals surface area contributed by atoms with Crippen LogP contribution < -0.4 is 15.4 Å². The molecule has 0 aliphatic heterocycles. The van der Waals surface area contributed by atoms with Crippen molar-refractivity contribution >= 4 is 17.5 Å². The first-order valence-corrected chi connectivity index (χ1v) is 14.7. The predicted molar refractivity (Wildman–Crippen MR) is 147 cm³/mol. The predicted octanol–water partition coefficient (Wildman–Crippen LogP) is 6.88. The van der Waals surface area contributed by atoms with Gasteiger partial charge in [-0.1, -0.05) is 6.07 Å². The van der Waals surface area contributed by atoms with Crippen LogP contribution in [0.1, 0.15) is 85.1 Å². The fraction of sp³-hybridized carbons (Fsp3) is 0.533. The zero-order chi connectivity index (χ0) is 33.3. The summed E-state index contributed by atoms with van der Waals surface area (Å²) in [6, 6.07) is 5.31. The molecule has 2 aromatic heterocycles. The number of nitrogens with zero attached hydrogens (tertiary/aromatic N) is 3. The van der Waals surface area contributed by atoms with Crippen molar-refractivity contribution in [2.24, 2.45) is 11.8 Å². The smallest absolute Gasteiger partial charge is 0.422 e. The summed E-state index contributed by atoms with van der Waals surface area (Å²) in [6.07, 6.45) is -7.19. The molecule has 1 unspecified atom stereocenters. The minimum atomic E-state index is -4.58. The fourth-order valence-electron chi connectivity index (χ4n) is 5.58. The van der Waals surface area contributed by atoms with E-state index < -0.39 is 80.4 Å². The van der Waals surface area contributed by atoms with Gasteiger partial charge in [0.15, 0.2) is 12.3 Å². The average molecular weight is 662 g/mol. The van der Waals surface area contributed by atoms with Crippen molar-refractivity contribution in [3.63, 3.8) is 0 Å². The first-order valence-electron chi connectivity index (χ1n) is 14.7. The molecule has 250 valence electrons. The molecule has 0 radical (unpaired) electrons. The van der Waals surface area contributed by atoms with Crippen LogP contribution in [-0.4, -0.2) is 51.3 Å². The lowest BCUT2D eigenvalue weighted by Crippen LogP contribution is -2.37. The maximum atomic E-state index is 14.0. The Hall–Kier alpha value is -3.98. The highest BCUT2D eigenvalue weighted by Gasteiger charge is 2.40. The molecule has 0 bridgehead atoms. The van der Waals surface area contributed by atoms with E-state index >= 15 is 0 Å². The molecule has 2 N–H and O–H groups in total. The lowest BCUT2D eigenvalue weighted by molar-refractivity contribution is -0.153. The summed E-state index contributed by atoms with van der Waals surface area (Å²) in [5, 5.41) is 9.83. The molecule has 0 saturated heterocycles. The van der Waals surface area contributed by atoms with Crippen molar-refractivity contribution in [2.75, 3.05) is 6.61 Å². The fourth-order valence-corrected chi connectivity index (χ4v) is 5.58. The number of halogens is 8. The molecule has 1 aromatic carbocycles. The second-order valence-electron chi connectivity index (χ2n) is 11.8. The van der Waals surface area contributed by atoms with Crippen molar-refractivity contribution in [2.45, 2.75) is 81.7 Å². The molecule has 2 saturated carbocycles. The van der Waals surface area contributed by atoms with Crippen LogP contribution >= 0.6 is 0 Å². The molecular weight excluding hydrogens is 630 g/mol. The van der Waals surface area contributed by atoms with Crippen LogP contribution in [0, 0.1) is 11.8 Å². The third-order valence-electron chi connectivity index (χ3n) is 8.10. The molecule has 2 heterocycles. The number of carbonyl (C=O) groups is 2. The number of amides is 2. The third kappa shape index (κ3) is 9.06. The standard InChI is InChI=1S/C30H31F8N5O3/c31-28(32)9-6-18(7-10-28)26(42-27(45)19-2-1-3-21(12-19)46-16-30(36,37)38)22-15-43-23(40-22)13-20(14-39-43)25(17-4-5-17)41-24(44)8-11-29(33,34)35/h1-3,12-15,17-18,25-26H,4-11,16H2,(H,41,44)(H,42,45)/t25?,26-/m0/s1. The number of carbonyl (C=O) groups excluding carboxylic acids is 2. The Bertz CT molecular complexity index is 1540. The van der Waals surface area contributed by atoms with Gasteiger partial charge in [-0.25, -0.2) is 18.3 Å². The SMILES string of the molecule is O=C(CCC(F)(F)F)NC(c1cnn2cc([C@@H](NC(=O)c3cccc(OCC(F)(F)F)c3)C3CCC(F)(F)CC3)nc2c1)C1CC1. The van der Waals surface area contributed by atoms with Gasteiger partial charge in [-0.3, -0.25) is 9.59 Å². The first kappa shape index (κ1) is 33.4. The molecular formula is C30H31F8N5O3. The molecule has 3 aromatic rings. The maximum absolute atomic E-state index is 14.0. The summed E-state index contributed by atoms with van der Waals surface area (Å²) < 4.78 is 110. The molecule has 2 fully saturated rings. The molecule has 2 amide bonds. The van der Waals surface area contributed by atoms with Crippen LogP contribution in [-0.2, 0) is 4.79 Å². The maximum Gasteiger partial charge on any atom is 0.422 e. The Morgan fingerprint density at radius 1 is 0.957 bits per heavy atom. The highest BCUT2D eigenvalue weighted by atomic mass is 19.4. The Labute approximate surface area is 257 Å². The van der Waals surface area contributed by atoms with Gasteiger partial charge in [-0.2, -0.15) is 31.4 Å². The van der Waals surface area contributed by atoms with Crippen LogP contribution in [0.3, 0.4) is 0 Å².